The molecule has 2 aromatic carbocycles. The van der Waals surface area contributed by atoms with E-state index < -0.39 is 23.5 Å². The molecule has 1 aliphatic rings. The van der Waals surface area contributed by atoms with Gasteiger partial charge in [-0.25, -0.2) is 4.98 Å². The first kappa shape index (κ1) is 18.5. The summed E-state index contributed by atoms with van der Waals surface area (Å²) in [5.41, 5.74) is -0.854. The van der Waals surface area contributed by atoms with Crippen LogP contribution < -0.4 is 5.32 Å². The molecule has 0 saturated carbocycles. The maximum absolute atomic E-state index is 13.1. The second-order valence-electron chi connectivity index (χ2n) is 6.49. The number of hydrogen-bond donors (Lipinski definition) is 2. The Morgan fingerprint density at radius 1 is 0.893 bits per heavy atom. The molecule has 0 saturated heterocycles. The number of nitrogens with one attached hydrogen (secondary N) is 2. The fourth-order valence-corrected chi connectivity index (χ4v) is 3.28. The van der Waals surface area contributed by atoms with Gasteiger partial charge in [-0.05, 0) is 29.3 Å². The number of rotatable bonds is 2. The van der Waals surface area contributed by atoms with Crippen LogP contribution in [0.5, 0.6) is 0 Å². The van der Waals surface area contributed by atoms with Gasteiger partial charge in [0.15, 0.2) is 0 Å². The molecule has 0 fully saturated rings. The minimum Gasteiger partial charge on any atom is -0.340 e. The van der Waals surface area contributed by atoms with E-state index in [9.17, 15) is 26.3 Å². The predicted molar refractivity (Wildman–Crippen MR) is 89.2 cm³/mol. The van der Waals surface area contributed by atoms with Crippen LogP contribution in [-0.2, 0) is 18.9 Å². The van der Waals surface area contributed by atoms with Crippen LogP contribution in [-0.4, -0.2) is 9.97 Å². The van der Waals surface area contributed by atoms with Crippen LogP contribution in [0.3, 0.4) is 0 Å². The van der Waals surface area contributed by atoms with Crippen molar-refractivity contribution in [3.63, 3.8) is 0 Å². The minimum atomic E-state index is -4.90. The van der Waals surface area contributed by atoms with Gasteiger partial charge in [-0.1, -0.05) is 24.3 Å². The Morgan fingerprint density at radius 2 is 1.54 bits per heavy atom. The average molecular weight is 397 g/mol. The third-order valence-corrected chi connectivity index (χ3v) is 4.63. The number of fused-ring (bicyclic) bond motifs is 1. The van der Waals surface area contributed by atoms with Crippen molar-refractivity contribution in [2.45, 2.75) is 24.9 Å². The van der Waals surface area contributed by atoms with Crippen molar-refractivity contribution in [1.82, 2.24) is 15.3 Å². The van der Waals surface area contributed by atoms with Gasteiger partial charge in [-0.15, -0.1) is 0 Å². The summed E-state index contributed by atoms with van der Waals surface area (Å²) in [7, 11) is 0. The lowest BCUT2D eigenvalue weighted by molar-refractivity contribution is -0.143. The monoisotopic (exact) mass is 397 g/mol. The van der Waals surface area contributed by atoms with E-state index in [4.69, 9.17) is 0 Å². The molecule has 3 nitrogen and oxygen atoms in total. The summed E-state index contributed by atoms with van der Waals surface area (Å²) in [6.07, 6.45) is -8.55. The molecule has 1 aromatic heterocycles. The molecule has 4 rings (SSSR count). The number of aromatic amines is 1. The molecule has 0 spiro atoms. The SMILES string of the molecule is FC(F)(F)c1cc(-c2cnc(C3NCc4ccccc43)[nH]2)cc(C(F)(F)F)c1. The quantitative estimate of drug-likeness (QED) is 0.576. The topological polar surface area (TPSA) is 40.7 Å². The summed E-state index contributed by atoms with van der Waals surface area (Å²) in [6, 6.07) is 8.74. The number of aromatic nitrogens is 2. The van der Waals surface area contributed by atoms with Gasteiger partial charge in [-0.2, -0.15) is 26.3 Å². The molecule has 1 aliphatic heterocycles. The van der Waals surface area contributed by atoms with E-state index in [1.165, 1.54) is 6.20 Å². The van der Waals surface area contributed by atoms with Crippen molar-refractivity contribution in [1.29, 1.82) is 0 Å². The summed E-state index contributed by atoms with van der Waals surface area (Å²) in [6.45, 7) is 0.596. The van der Waals surface area contributed by atoms with Gasteiger partial charge in [0.1, 0.15) is 5.82 Å². The highest BCUT2D eigenvalue weighted by molar-refractivity contribution is 5.62. The van der Waals surface area contributed by atoms with Crippen molar-refractivity contribution in [2.24, 2.45) is 0 Å². The first-order valence-corrected chi connectivity index (χ1v) is 8.29. The van der Waals surface area contributed by atoms with Gasteiger partial charge in [-0.3, -0.25) is 5.32 Å². The summed E-state index contributed by atoms with van der Waals surface area (Å²) < 4.78 is 78.4. The lowest BCUT2D eigenvalue weighted by atomic mass is 10.0. The zero-order chi connectivity index (χ0) is 20.1. The fourth-order valence-electron chi connectivity index (χ4n) is 3.28. The molecule has 9 heteroatoms. The maximum Gasteiger partial charge on any atom is 0.416 e. The van der Waals surface area contributed by atoms with Crippen molar-refractivity contribution < 1.29 is 26.3 Å². The van der Waals surface area contributed by atoms with Crippen molar-refractivity contribution in [3.8, 4) is 11.3 Å². The number of halogens is 6. The molecule has 0 amide bonds. The summed E-state index contributed by atoms with van der Waals surface area (Å²) in [5, 5.41) is 3.22. The lowest BCUT2D eigenvalue weighted by Gasteiger charge is -2.13. The Kier molecular flexibility index (Phi) is 4.22. The second-order valence-corrected chi connectivity index (χ2v) is 6.49. The zero-order valence-corrected chi connectivity index (χ0v) is 14.1. The molecule has 28 heavy (non-hydrogen) atoms. The number of imidazole rings is 1. The first-order chi connectivity index (χ1) is 13.1. The van der Waals surface area contributed by atoms with Crippen LogP contribution in [0.1, 0.15) is 34.1 Å². The summed E-state index contributed by atoms with van der Waals surface area (Å²) in [4.78, 5) is 7.04. The minimum absolute atomic E-state index is 0.0813. The van der Waals surface area contributed by atoms with Gasteiger partial charge < -0.3 is 4.98 Å². The summed E-state index contributed by atoms with van der Waals surface area (Å²) in [5.74, 6) is 0.422. The van der Waals surface area contributed by atoms with Gasteiger partial charge in [0.25, 0.3) is 0 Å². The predicted octanol–water partition coefficient (Wildman–Crippen LogP) is 5.31. The zero-order valence-electron chi connectivity index (χ0n) is 14.1. The number of nitrogens with zero attached hydrogens (tertiary/aromatic N) is 1. The van der Waals surface area contributed by atoms with Crippen molar-refractivity contribution >= 4 is 0 Å². The molecule has 0 radical (unpaired) electrons. The molecule has 0 bridgehead atoms. The third kappa shape index (κ3) is 3.37. The van der Waals surface area contributed by atoms with Crippen LogP contribution in [0.2, 0.25) is 0 Å². The molecule has 2 N–H and O–H groups in total. The van der Waals surface area contributed by atoms with E-state index in [1.54, 1.807) is 0 Å². The molecule has 0 aliphatic carbocycles. The van der Waals surface area contributed by atoms with E-state index in [-0.39, 0.29) is 23.4 Å². The van der Waals surface area contributed by atoms with Crippen LogP contribution in [0.15, 0.2) is 48.7 Å². The largest absolute Gasteiger partial charge is 0.416 e. The van der Waals surface area contributed by atoms with Gasteiger partial charge in [0, 0.05) is 12.1 Å². The van der Waals surface area contributed by atoms with Gasteiger partial charge in [0.2, 0.25) is 0 Å². The lowest BCUT2D eigenvalue weighted by Crippen LogP contribution is -2.14. The molecule has 1 unspecified atom stereocenters. The molecule has 146 valence electrons. The van der Waals surface area contributed by atoms with Gasteiger partial charge in [0.05, 0.1) is 29.1 Å². The number of hydrogen-bond acceptors (Lipinski definition) is 2. The molecule has 3 aromatic rings. The highest BCUT2D eigenvalue weighted by Gasteiger charge is 2.37. The third-order valence-electron chi connectivity index (χ3n) is 4.63. The molecule has 1 atom stereocenters. The standard InChI is InChI=1S/C19H13F6N3/c20-18(21,22)12-5-11(6-13(7-12)19(23,24)25)15-9-27-17(28-15)16-14-4-2-1-3-10(14)8-26-16/h1-7,9,16,26H,8H2,(H,27,28). The van der Waals surface area contributed by atoms with Crippen LogP contribution in [0, 0.1) is 0 Å². The Labute approximate surface area is 155 Å². The Bertz CT molecular complexity index is 987. The summed E-state index contributed by atoms with van der Waals surface area (Å²) >= 11 is 0. The number of alkyl halides is 6. The van der Waals surface area contributed by atoms with Crippen LogP contribution in [0.4, 0.5) is 26.3 Å². The number of benzene rings is 2. The fraction of sp³-hybridized carbons (Fsp3) is 0.211. The first-order valence-electron chi connectivity index (χ1n) is 8.29. The van der Waals surface area contributed by atoms with E-state index in [2.05, 4.69) is 15.3 Å². The second kappa shape index (κ2) is 6.37. The number of H-pyrrole nitrogens is 1. The average Bonchev–Trinajstić information content (AvgIpc) is 3.26. The van der Waals surface area contributed by atoms with Gasteiger partial charge >= 0.3 is 12.4 Å². The molecular weight excluding hydrogens is 384 g/mol. The highest BCUT2D eigenvalue weighted by Crippen LogP contribution is 2.39. The Morgan fingerprint density at radius 3 is 2.18 bits per heavy atom. The van der Waals surface area contributed by atoms with Crippen LogP contribution in [0.25, 0.3) is 11.3 Å². The normalized spacial score (nSPS) is 17.0. The van der Waals surface area contributed by atoms with E-state index in [0.29, 0.717) is 24.5 Å². The van der Waals surface area contributed by atoms with Crippen LogP contribution >= 0.6 is 0 Å². The Hall–Kier alpha value is -2.81. The van der Waals surface area contributed by atoms with Crippen molar-refractivity contribution in [3.05, 3.63) is 76.7 Å². The maximum atomic E-state index is 13.1. The molecular formula is C19H13F6N3. The Balaban J connectivity index is 1.75. The highest BCUT2D eigenvalue weighted by atomic mass is 19.4. The molecule has 2 heterocycles. The van der Waals surface area contributed by atoms with E-state index in [1.807, 2.05) is 24.3 Å². The van der Waals surface area contributed by atoms with E-state index >= 15 is 0 Å². The smallest absolute Gasteiger partial charge is 0.340 e. The van der Waals surface area contributed by atoms with Crippen molar-refractivity contribution in [2.75, 3.05) is 0 Å². The van der Waals surface area contributed by atoms with E-state index in [0.717, 1.165) is 11.1 Å².